The van der Waals surface area contributed by atoms with Crippen LogP contribution in [0.5, 0.6) is 0 Å². The predicted octanol–water partition coefficient (Wildman–Crippen LogP) is -2.00. The smallest absolute Gasteiger partial charge is 0.242 e. The van der Waals surface area contributed by atoms with E-state index in [1.807, 2.05) is 4.72 Å². The molecule has 0 aliphatic carbocycles. The summed E-state index contributed by atoms with van der Waals surface area (Å²) in [7, 11) is -4.23. The first-order chi connectivity index (χ1) is 10.7. The summed E-state index contributed by atoms with van der Waals surface area (Å²) >= 11 is 5.84. The molecule has 5 atom stereocenters. The number of rotatable bonds is 4. The summed E-state index contributed by atoms with van der Waals surface area (Å²) in [6.07, 6.45) is -6.29. The first-order valence-corrected chi connectivity index (χ1v) is 8.41. The van der Waals surface area contributed by atoms with Crippen LogP contribution < -0.4 is 10.5 Å². The van der Waals surface area contributed by atoms with Crippen LogP contribution in [-0.2, 0) is 14.8 Å². The topological polar surface area (TPSA) is 162 Å². The number of benzene rings is 1. The zero-order valence-electron chi connectivity index (χ0n) is 11.7. The average molecular weight is 369 g/mol. The van der Waals surface area contributed by atoms with Crippen molar-refractivity contribution < 1.29 is 33.6 Å². The molecule has 1 aromatic carbocycles. The normalized spacial score (nSPS) is 32.0. The van der Waals surface area contributed by atoms with Gasteiger partial charge in [-0.1, -0.05) is 11.6 Å². The lowest BCUT2D eigenvalue weighted by atomic mass is 9.98. The highest BCUT2D eigenvalue weighted by molar-refractivity contribution is 7.89. The number of hydrogen-bond acceptors (Lipinski definition) is 8. The molecular formula is C12H17ClN2O7S. The van der Waals surface area contributed by atoms with Crippen molar-refractivity contribution in [3.05, 3.63) is 23.2 Å². The molecule has 1 saturated heterocycles. The third kappa shape index (κ3) is 3.75. The molecule has 1 aromatic rings. The van der Waals surface area contributed by atoms with Gasteiger partial charge in [0.25, 0.3) is 0 Å². The summed E-state index contributed by atoms with van der Waals surface area (Å²) in [4.78, 5) is -0.313. The van der Waals surface area contributed by atoms with E-state index in [0.29, 0.717) is 0 Å². The molecule has 130 valence electrons. The van der Waals surface area contributed by atoms with Gasteiger partial charge < -0.3 is 30.9 Å². The molecule has 0 bridgehead atoms. The molecule has 0 spiro atoms. The zero-order chi connectivity index (χ0) is 17.4. The summed E-state index contributed by atoms with van der Waals surface area (Å²) in [6.45, 7) is -0.654. The highest BCUT2D eigenvalue weighted by atomic mass is 35.5. The Labute approximate surface area is 137 Å². The third-order valence-electron chi connectivity index (χ3n) is 3.44. The van der Waals surface area contributed by atoms with Crippen LogP contribution in [0.4, 0.5) is 5.69 Å². The minimum atomic E-state index is -4.23. The van der Waals surface area contributed by atoms with Crippen molar-refractivity contribution in [2.75, 3.05) is 12.3 Å². The largest absolute Gasteiger partial charge is 0.399 e. The molecular weight excluding hydrogens is 352 g/mol. The van der Waals surface area contributed by atoms with Crippen LogP contribution in [0.25, 0.3) is 0 Å². The van der Waals surface area contributed by atoms with E-state index in [2.05, 4.69) is 0 Å². The van der Waals surface area contributed by atoms with Gasteiger partial charge in [0.15, 0.2) is 6.29 Å². The summed E-state index contributed by atoms with van der Waals surface area (Å²) in [5.74, 6) is 0. The quantitative estimate of drug-likeness (QED) is 0.332. The van der Waals surface area contributed by atoms with Crippen LogP contribution in [-0.4, -0.2) is 66.1 Å². The van der Waals surface area contributed by atoms with Gasteiger partial charge in [-0.2, -0.15) is 0 Å². The van der Waals surface area contributed by atoms with Gasteiger partial charge in [0.1, 0.15) is 29.2 Å². The van der Waals surface area contributed by atoms with Crippen LogP contribution in [0.1, 0.15) is 0 Å². The van der Waals surface area contributed by atoms with Crippen LogP contribution in [0, 0.1) is 0 Å². The Morgan fingerprint density at radius 2 is 1.91 bits per heavy atom. The number of nitrogens with two attached hydrogens (primary N) is 1. The maximum Gasteiger partial charge on any atom is 0.242 e. The van der Waals surface area contributed by atoms with E-state index in [9.17, 15) is 23.7 Å². The van der Waals surface area contributed by atoms with Crippen LogP contribution in [0.15, 0.2) is 23.1 Å². The highest BCUT2D eigenvalue weighted by Crippen LogP contribution is 2.26. The fraction of sp³-hybridized carbons (Fsp3) is 0.500. The van der Waals surface area contributed by atoms with Crippen molar-refractivity contribution in [3.63, 3.8) is 0 Å². The molecule has 0 saturated carbocycles. The highest BCUT2D eigenvalue weighted by Gasteiger charge is 2.45. The van der Waals surface area contributed by atoms with Gasteiger partial charge in [-0.25, -0.2) is 13.1 Å². The molecule has 0 radical (unpaired) electrons. The van der Waals surface area contributed by atoms with Gasteiger partial charge in [0.2, 0.25) is 10.0 Å². The summed E-state index contributed by atoms with van der Waals surface area (Å²) in [6, 6.07) is 2.17. The molecule has 0 amide bonds. The monoisotopic (exact) mass is 368 g/mol. The zero-order valence-corrected chi connectivity index (χ0v) is 13.3. The Bertz CT molecular complexity index is 671. The minimum absolute atomic E-state index is 0.146. The second-order valence-electron chi connectivity index (χ2n) is 5.07. The summed E-state index contributed by atoms with van der Waals surface area (Å²) < 4.78 is 31.6. The molecule has 1 aliphatic rings. The van der Waals surface area contributed by atoms with Gasteiger partial charge in [-0.15, -0.1) is 0 Å². The Hall–Kier alpha value is -0.980. The molecule has 23 heavy (non-hydrogen) atoms. The molecule has 7 N–H and O–H groups in total. The van der Waals surface area contributed by atoms with Crippen LogP contribution >= 0.6 is 11.6 Å². The molecule has 2 rings (SSSR count). The van der Waals surface area contributed by atoms with Crippen molar-refractivity contribution in [3.8, 4) is 0 Å². The molecule has 1 heterocycles. The molecule has 1 aliphatic heterocycles. The summed E-state index contributed by atoms with van der Waals surface area (Å²) in [5.41, 5.74) is 5.75. The Morgan fingerprint density at radius 1 is 1.26 bits per heavy atom. The van der Waals surface area contributed by atoms with Crippen LogP contribution in [0.3, 0.4) is 0 Å². The fourth-order valence-electron chi connectivity index (χ4n) is 2.20. The van der Waals surface area contributed by atoms with E-state index in [4.69, 9.17) is 27.2 Å². The standard InChI is InChI=1S/C12H17ClN2O7S/c13-6-3-5(14)1-2-8(6)23(20,21)15-9-11(18)10(17)7(4-16)22-12(9)19/h1-3,7,9-12,15-19H,4,14H2/t7-,9+,10+,11-,12-/m1/s1. The predicted molar refractivity (Wildman–Crippen MR) is 80.0 cm³/mol. The molecule has 1 fully saturated rings. The maximum atomic E-state index is 12.3. The number of halogens is 1. The number of hydrogen-bond donors (Lipinski definition) is 6. The van der Waals surface area contributed by atoms with Crippen molar-refractivity contribution in [1.82, 2.24) is 4.72 Å². The van der Waals surface area contributed by atoms with Gasteiger partial charge in [-0.05, 0) is 18.2 Å². The van der Waals surface area contributed by atoms with Crippen LogP contribution in [0.2, 0.25) is 5.02 Å². The lowest BCUT2D eigenvalue weighted by Crippen LogP contribution is -2.64. The minimum Gasteiger partial charge on any atom is -0.399 e. The molecule has 9 nitrogen and oxygen atoms in total. The van der Waals surface area contributed by atoms with Crippen molar-refractivity contribution in [2.45, 2.75) is 35.5 Å². The number of ether oxygens (including phenoxy) is 1. The number of anilines is 1. The number of nitrogen functional groups attached to an aromatic ring is 1. The Balaban J connectivity index is 2.26. The maximum absolute atomic E-state index is 12.3. The lowest BCUT2D eigenvalue weighted by molar-refractivity contribution is -0.251. The number of aliphatic hydroxyl groups is 4. The van der Waals surface area contributed by atoms with E-state index in [-0.39, 0.29) is 15.6 Å². The SMILES string of the molecule is Nc1ccc(S(=O)(=O)N[C@H]2[C@@H](O)[C@@H](O)[C@@H](CO)O[C@H]2O)c(Cl)c1. The fourth-order valence-corrected chi connectivity index (χ4v) is 4.00. The van der Waals surface area contributed by atoms with E-state index in [1.165, 1.54) is 12.1 Å². The number of sulfonamides is 1. The Morgan fingerprint density at radius 3 is 2.48 bits per heavy atom. The van der Waals surface area contributed by atoms with Crippen molar-refractivity contribution >= 4 is 27.3 Å². The third-order valence-corrected chi connectivity index (χ3v) is 5.38. The van der Waals surface area contributed by atoms with E-state index in [0.717, 1.165) is 6.07 Å². The summed E-state index contributed by atoms with van der Waals surface area (Å²) in [5, 5.41) is 38.3. The number of aliphatic hydroxyl groups excluding tert-OH is 4. The van der Waals surface area contributed by atoms with E-state index < -0.39 is 47.3 Å². The van der Waals surface area contributed by atoms with Gasteiger partial charge >= 0.3 is 0 Å². The molecule has 0 aromatic heterocycles. The van der Waals surface area contributed by atoms with Gasteiger partial charge in [0, 0.05) is 5.69 Å². The molecule has 0 unspecified atom stereocenters. The lowest BCUT2D eigenvalue weighted by Gasteiger charge is -2.40. The Kier molecular flexibility index (Phi) is 5.48. The second kappa shape index (κ2) is 6.87. The first-order valence-electron chi connectivity index (χ1n) is 6.55. The number of nitrogens with one attached hydrogen (secondary N) is 1. The van der Waals surface area contributed by atoms with E-state index >= 15 is 0 Å². The van der Waals surface area contributed by atoms with Gasteiger partial charge in [-0.3, -0.25) is 0 Å². The van der Waals surface area contributed by atoms with E-state index in [1.54, 1.807) is 0 Å². The van der Waals surface area contributed by atoms with Gasteiger partial charge in [0.05, 0.1) is 11.6 Å². The molecule has 11 heteroatoms. The van der Waals surface area contributed by atoms with Crippen molar-refractivity contribution in [1.29, 1.82) is 0 Å². The van der Waals surface area contributed by atoms with Crippen molar-refractivity contribution in [2.24, 2.45) is 0 Å². The average Bonchev–Trinajstić information content (AvgIpc) is 2.47. The first kappa shape index (κ1) is 18.4. The second-order valence-corrected chi connectivity index (χ2v) is 7.16.